The first-order chi connectivity index (χ1) is 17.7. The van der Waals surface area contributed by atoms with Gasteiger partial charge in [0.1, 0.15) is 12.2 Å². The van der Waals surface area contributed by atoms with Crippen molar-refractivity contribution in [1.29, 1.82) is 0 Å². The Bertz CT molecular complexity index is 530. The summed E-state index contributed by atoms with van der Waals surface area (Å²) >= 11 is 0. The maximum atomic E-state index is 12.3. The van der Waals surface area contributed by atoms with Gasteiger partial charge in [0.15, 0.2) is 12.2 Å². The lowest BCUT2D eigenvalue weighted by Crippen LogP contribution is -2.35. The Morgan fingerprint density at radius 2 is 0.833 bits per heavy atom. The van der Waals surface area contributed by atoms with E-state index in [0.717, 1.165) is 25.7 Å². The first kappa shape index (κ1) is 31.1. The maximum absolute atomic E-state index is 12.3. The lowest BCUT2D eigenvalue weighted by molar-refractivity contribution is -0.155. The molecule has 2 fully saturated rings. The van der Waals surface area contributed by atoms with Gasteiger partial charge in [0.2, 0.25) is 0 Å². The minimum atomic E-state index is -0.401. The van der Waals surface area contributed by atoms with Crippen LogP contribution in [-0.4, -0.2) is 49.6 Å². The third kappa shape index (κ3) is 12.9. The number of hydrogen-bond acceptors (Lipinski definition) is 6. The maximum Gasteiger partial charge on any atom is 0.306 e. The predicted octanol–water partition coefficient (Wildman–Crippen LogP) is 7.45. The van der Waals surface area contributed by atoms with Gasteiger partial charge in [-0.2, -0.15) is 0 Å². The van der Waals surface area contributed by atoms with E-state index in [1.165, 1.54) is 89.9 Å². The topological polar surface area (TPSA) is 71.1 Å². The van der Waals surface area contributed by atoms with Gasteiger partial charge >= 0.3 is 11.9 Å². The Morgan fingerprint density at radius 3 is 1.17 bits per heavy atom. The molecular weight excluding hydrogens is 456 g/mol. The van der Waals surface area contributed by atoms with Crippen LogP contribution in [0.5, 0.6) is 0 Å². The molecule has 0 aromatic rings. The highest BCUT2D eigenvalue weighted by Crippen LogP contribution is 2.31. The van der Waals surface area contributed by atoms with E-state index in [1.54, 1.807) is 0 Å². The average Bonchev–Trinajstić information content (AvgIpc) is 3.45. The van der Waals surface area contributed by atoms with Crippen LogP contribution >= 0.6 is 0 Å². The molecule has 0 spiro atoms. The van der Waals surface area contributed by atoms with Crippen molar-refractivity contribution in [2.75, 3.05) is 13.2 Å². The van der Waals surface area contributed by atoms with Gasteiger partial charge in [0.05, 0.1) is 13.2 Å². The molecule has 0 aliphatic carbocycles. The molecule has 0 aromatic carbocycles. The number of esters is 2. The molecule has 2 heterocycles. The molecule has 0 aromatic heterocycles. The molecule has 0 unspecified atom stereocenters. The molecule has 2 aliphatic rings. The third-order valence-corrected chi connectivity index (χ3v) is 7.50. The molecule has 0 amide bonds. The Hall–Kier alpha value is -1.14. The van der Waals surface area contributed by atoms with Crippen LogP contribution in [0.2, 0.25) is 0 Å². The molecule has 210 valence electrons. The zero-order chi connectivity index (χ0) is 25.8. The van der Waals surface area contributed by atoms with Crippen LogP contribution in [0.25, 0.3) is 0 Å². The standard InChI is InChI=1S/C30H54O6/c1-3-5-7-9-11-13-15-17-19-21-27(31)35-25-23-33-30-26(24-34-29(25)30)36-28(32)22-20-18-16-14-12-10-8-6-4-2/h25-26,29-30H,3-24H2,1-2H3/t25-,26+,29-,30-/m1/s1. The van der Waals surface area contributed by atoms with Gasteiger partial charge in [-0.3, -0.25) is 9.59 Å². The summed E-state index contributed by atoms with van der Waals surface area (Å²) in [5.41, 5.74) is 0. The summed E-state index contributed by atoms with van der Waals surface area (Å²) in [5.74, 6) is -0.358. The average molecular weight is 511 g/mol. The van der Waals surface area contributed by atoms with Crippen molar-refractivity contribution in [3.05, 3.63) is 0 Å². The minimum Gasteiger partial charge on any atom is -0.457 e. The van der Waals surface area contributed by atoms with Gasteiger partial charge in [-0.1, -0.05) is 117 Å². The van der Waals surface area contributed by atoms with Crippen LogP contribution in [0.1, 0.15) is 142 Å². The minimum absolute atomic E-state index is 0.179. The van der Waals surface area contributed by atoms with Crippen LogP contribution < -0.4 is 0 Å². The highest BCUT2D eigenvalue weighted by atomic mass is 16.7. The van der Waals surface area contributed by atoms with Crippen molar-refractivity contribution in [3.8, 4) is 0 Å². The van der Waals surface area contributed by atoms with E-state index in [1.807, 2.05) is 0 Å². The smallest absolute Gasteiger partial charge is 0.306 e. The van der Waals surface area contributed by atoms with Crippen molar-refractivity contribution >= 4 is 11.9 Å². The van der Waals surface area contributed by atoms with E-state index in [4.69, 9.17) is 18.9 Å². The fraction of sp³-hybridized carbons (Fsp3) is 0.933. The largest absolute Gasteiger partial charge is 0.457 e. The summed E-state index contributed by atoms with van der Waals surface area (Å²) in [6.07, 6.45) is 21.4. The lowest BCUT2D eigenvalue weighted by atomic mass is 10.1. The quantitative estimate of drug-likeness (QED) is 0.111. The van der Waals surface area contributed by atoms with Crippen molar-refractivity contribution in [3.63, 3.8) is 0 Å². The molecule has 0 saturated carbocycles. The van der Waals surface area contributed by atoms with E-state index in [2.05, 4.69) is 13.8 Å². The van der Waals surface area contributed by atoms with E-state index in [-0.39, 0.29) is 24.1 Å². The van der Waals surface area contributed by atoms with E-state index in [0.29, 0.717) is 26.1 Å². The van der Waals surface area contributed by atoms with Crippen LogP contribution in [0.4, 0.5) is 0 Å². The van der Waals surface area contributed by atoms with Crippen molar-refractivity contribution < 1.29 is 28.5 Å². The van der Waals surface area contributed by atoms with E-state index >= 15 is 0 Å². The summed E-state index contributed by atoms with van der Waals surface area (Å²) in [6.45, 7) is 5.10. The molecule has 6 heteroatoms. The molecule has 0 bridgehead atoms. The number of carbonyl (C=O) groups excluding carboxylic acids is 2. The summed E-state index contributed by atoms with van der Waals surface area (Å²) in [7, 11) is 0. The molecule has 2 saturated heterocycles. The second kappa shape index (κ2) is 19.9. The molecule has 2 aliphatic heterocycles. The molecule has 2 rings (SSSR count). The second-order valence-corrected chi connectivity index (χ2v) is 10.8. The van der Waals surface area contributed by atoms with Crippen LogP contribution in [0, 0.1) is 0 Å². The molecule has 0 N–H and O–H groups in total. The predicted molar refractivity (Wildman–Crippen MR) is 143 cm³/mol. The number of hydrogen-bond donors (Lipinski definition) is 0. The van der Waals surface area contributed by atoms with E-state index < -0.39 is 12.2 Å². The first-order valence-corrected chi connectivity index (χ1v) is 15.3. The molecular formula is C30H54O6. The molecule has 4 atom stereocenters. The highest BCUT2D eigenvalue weighted by Gasteiger charge is 2.51. The van der Waals surface area contributed by atoms with Gasteiger partial charge in [0.25, 0.3) is 0 Å². The van der Waals surface area contributed by atoms with Gasteiger partial charge in [-0.15, -0.1) is 0 Å². The number of ether oxygens (including phenoxy) is 4. The first-order valence-electron chi connectivity index (χ1n) is 15.3. The number of unbranched alkanes of at least 4 members (excludes halogenated alkanes) is 16. The Balaban J connectivity index is 1.49. The summed E-state index contributed by atoms with van der Waals surface area (Å²) < 4.78 is 22.9. The lowest BCUT2D eigenvalue weighted by Gasteiger charge is -2.17. The van der Waals surface area contributed by atoms with Gasteiger partial charge < -0.3 is 18.9 Å². The number of carbonyl (C=O) groups is 2. The number of fused-ring (bicyclic) bond motifs is 1. The molecule has 0 radical (unpaired) electrons. The number of rotatable bonds is 22. The molecule has 6 nitrogen and oxygen atoms in total. The molecule has 36 heavy (non-hydrogen) atoms. The van der Waals surface area contributed by atoms with Crippen LogP contribution in [0.3, 0.4) is 0 Å². The normalized spacial score (nSPS) is 23.1. The van der Waals surface area contributed by atoms with Gasteiger partial charge in [0, 0.05) is 12.8 Å². The SMILES string of the molecule is CCCCCCCCCCCC(=O)O[C@H]1CO[C@H]2[C@@H]1OC[C@H]2OC(=O)CCCCCCCCCCC. The zero-order valence-corrected chi connectivity index (χ0v) is 23.3. The monoisotopic (exact) mass is 510 g/mol. The second-order valence-electron chi connectivity index (χ2n) is 10.8. The van der Waals surface area contributed by atoms with E-state index in [9.17, 15) is 9.59 Å². The summed E-state index contributed by atoms with van der Waals surface area (Å²) in [4.78, 5) is 24.6. The van der Waals surface area contributed by atoms with Crippen LogP contribution in [0.15, 0.2) is 0 Å². The zero-order valence-electron chi connectivity index (χ0n) is 23.3. The third-order valence-electron chi connectivity index (χ3n) is 7.50. The van der Waals surface area contributed by atoms with Gasteiger partial charge in [-0.05, 0) is 12.8 Å². The van der Waals surface area contributed by atoms with Gasteiger partial charge in [-0.25, -0.2) is 0 Å². The Morgan fingerprint density at radius 1 is 0.528 bits per heavy atom. The van der Waals surface area contributed by atoms with Crippen molar-refractivity contribution in [1.82, 2.24) is 0 Å². The highest BCUT2D eigenvalue weighted by molar-refractivity contribution is 5.70. The van der Waals surface area contributed by atoms with Crippen LogP contribution in [-0.2, 0) is 28.5 Å². The Labute approximate surface area is 220 Å². The summed E-state index contributed by atoms with van der Waals surface area (Å²) in [5, 5.41) is 0. The summed E-state index contributed by atoms with van der Waals surface area (Å²) in [6, 6.07) is 0. The van der Waals surface area contributed by atoms with Crippen molar-refractivity contribution in [2.24, 2.45) is 0 Å². The van der Waals surface area contributed by atoms with Crippen molar-refractivity contribution in [2.45, 2.75) is 167 Å². The Kier molecular flexibility index (Phi) is 17.2. The fourth-order valence-electron chi connectivity index (χ4n) is 5.25. The fourth-order valence-corrected chi connectivity index (χ4v) is 5.25.